The molecule has 0 fully saturated rings. The third kappa shape index (κ3) is 2.36. The van der Waals surface area contributed by atoms with Gasteiger partial charge in [-0.3, -0.25) is 4.98 Å². The van der Waals surface area contributed by atoms with Crippen molar-refractivity contribution in [3.63, 3.8) is 0 Å². The molecule has 0 aliphatic rings. The highest BCUT2D eigenvalue weighted by molar-refractivity contribution is 7.18. The molecular formula is C20H17N3S. The van der Waals surface area contributed by atoms with Gasteiger partial charge in [-0.2, -0.15) is 0 Å². The molecule has 0 radical (unpaired) electrons. The van der Waals surface area contributed by atoms with E-state index in [1.54, 1.807) is 11.3 Å². The molecule has 4 rings (SSSR count). The Bertz CT molecular complexity index is 1040. The van der Waals surface area contributed by atoms with Crippen molar-refractivity contribution in [2.24, 2.45) is 0 Å². The zero-order valence-electron chi connectivity index (χ0n) is 13.6. The fourth-order valence-corrected chi connectivity index (χ4v) is 4.17. The van der Waals surface area contributed by atoms with Crippen LogP contribution in [0.15, 0.2) is 54.0 Å². The molecule has 4 heteroatoms. The Hall–Kier alpha value is -2.72. The maximum atomic E-state index is 6.23. The van der Waals surface area contributed by atoms with Crippen LogP contribution in [-0.2, 0) is 0 Å². The molecule has 0 aliphatic carbocycles. The molecule has 0 aliphatic heterocycles. The summed E-state index contributed by atoms with van der Waals surface area (Å²) < 4.78 is 1.16. The number of nitrogen functional groups attached to an aromatic ring is 1. The standard InChI is InChI=1S/C20H17N3S/c1-12-8-9-15(13(2)23-12)16-10-22-20(21)18-17(11-24-19(16)18)14-6-4-3-5-7-14/h3-11H,1-2H3,(H2,21,22). The Morgan fingerprint density at radius 1 is 0.917 bits per heavy atom. The normalized spacial score (nSPS) is 11.1. The summed E-state index contributed by atoms with van der Waals surface area (Å²) in [5.74, 6) is 0.576. The van der Waals surface area contributed by atoms with Crippen LogP contribution in [0.5, 0.6) is 0 Å². The van der Waals surface area contributed by atoms with Gasteiger partial charge in [-0.25, -0.2) is 4.98 Å². The number of hydrogen-bond donors (Lipinski definition) is 1. The van der Waals surface area contributed by atoms with E-state index < -0.39 is 0 Å². The van der Waals surface area contributed by atoms with Crippen molar-refractivity contribution < 1.29 is 0 Å². The second-order valence-corrected chi connectivity index (χ2v) is 6.74. The number of rotatable bonds is 2. The second-order valence-electron chi connectivity index (χ2n) is 5.86. The average molecular weight is 331 g/mol. The van der Waals surface area contributed by atoms with Crippen LogP contribution in [0.3, 0.4) is 0 Å². The number of anilines is 1. The Labute approximate surface area is 144 Å². The molecule has 3 aromatic heterocycles. The predicted octanol–water partition coefficient (Wildman–Crippen LogP) is 5.22. The average Bonchev–Trinajstić information content (AvgIpc) is 3.03. The van der Waals surface area contributed by atoms with Crippen LogP contribution in [-0.4, -0.2) is 9.97 Å². The molecule has 3 nitrogen and oxygen atoms in total. The van der Waals surface area contributed by atoms with Crippen LogP contribution in [0, 0.1) is 13.8 Å². The van der Waals surface area contributed by atoms with E-state index in [2.05, 4.69) is 33.5 Å². The van der Waals surface area contributed by atoms with E-state index >= 15 is 0 Å². The summed E-state index contributed by atoms with van der Waals surface area (Å²) in [5.41, 5.74) is 12.8. The molecule has 3 heterocycles. The number of aromatic nitrogens is 2. The summed E-state index contributed by atoms with van der Waals surface area (Å²) in [6.07, 6.45) is 1.86. The van der Waals surface area contributed by atoms with Crippen LogP contribution < -0.4 is 5.73 Å². The number of nitrogens with two attached hydrogens (primary N) is 1. The summed E-state index contributed by atoms with van der Waals surface area (Å²) in [5, 5.41) is 3.20. The van der Waals surface area contributed by atoms with Crippen molar-refractivity contribution >= 4 is 27.2 Å². The SMILES string of the molecule is Cc1ccc(-c2cnc(N)c3c(-c4ccccc4)csc23)c(C)n1. The summed E-state index contributed by atoms with van der Waals surface area (Å²) in [4.78, 5) is 9.05. The van der Waals surface area contributed by atoms with Crippen molar-refractivity contribution in [3.8, 4) is 22.3 Å². The van der Waals surface area contributed by atoms with E-state index in [0.29, 0.717) is 5.82 Å². The van der Waals surface area contributed by atoms with E-state index in [-0.39, 0.29) is 0 Å². The van der Waals surface area contributed by atoms with Gasteiger partial charge in [0.2, 0.25) is 0 Å². The molecule has 0 spiro atoms. The maximum Gasteiger partial charge on any atom is 0.132 e. The molecule has 24 heavy (non-hydrogen) atoms. The fraction of sp³-hybridized carbons (Fsp3) is 0.100. The summed E-state index contributed by atoms with van der Waals surface area (Å²) >= 11 is 1.71. The number of fused-ring (bicyclic) bond motifs is 1. The number of pyridine rings is 2. The summed E-state index contributed by atoms with van der Waals surface area (Å²) in [6.45, 7) is 4.04. The van der Waals surface area contributed by atoms with E-state index in [1.165, 1.54) is 0 Å². The highest BCUT2D eigenvalue weighted by Crippen LogP contribution is 2.42. The molecule has 0 saturated heterocycles. The number of thiophene rings is 1. The monoisotopic (exact) mass is 331 g/mol. The van der Waals surface area contributed by atoms with Crippen LogP contribution in [0.1, 0.15) is 11.4 Å². The number of aryl methyl sites for hydroxylation is 2. The lowest BCUT2D eigenvalue weighted by atomic mass is 10.0. The summed E-state index contributed by atoms with van der Waals surface area (Å²) in [7, 11) is 0. The third-order valence-electron chi connectivity index (χ3n) is 4.22. The first-order chi connectivity index (χ1) is 11.6. The van der Waals surface area contributed by atoms with Crippen molar-refractivity contribution in [2.45, 2.75) is 13.8 Å². The predicted molar refractivity (Wildman–Crippen MR) is 102 cm³/mol. The van der Waals surface area contributed by atoms with Gasteiger partial charge in [0.1, 0.15) is 5.82 Å². The zero-order chi connectivity index (χ0) is 16.7. The largest absolute Gasteiger partial charge is 0.383 e. The van der Waals surface area contributed by atoms with E-state index in [0.717, 1.165) is 43.7 Å². The van der Waals surface area contributed by atoms with Crippen LogP contribution in [0.2, 0.25) is 0 Å². The van der Waals surface area contributed by atoms with Crippen molar-refractivity contribution in [3.05, 3.63) is 65.4 Å². The molecule has 0 bridgehead atoms. The van der Waals surface area contributed by atoms with E-state index in [9.17, 15) is 0 Å². The highest BCUT2D eigenvalue weighted by atomic mass is 32.1. The van der Waals surface area contributed by atoms with Gasteiger partial charge in [-0.15, -0.1) is 11.3 Å². The molecule has 0 atom stereocenters. The Balaban J connectivity index is 2.00. The molecular weight excluding hydrogens is 314 g/mol. The van der Waals surface area contributed by atoms with Gasteiger partial charge in [0.15, 0.2) is 0 Å². The number of benzene rings is 1. The lowest BCUT2D eigenvalue weighted by molar-refractivity contribution is 1.13. The summed E-state index contributed by atoms with van der Waals surface area (Å²) in [6, 6.07) is 14.5. The molecule has 1 aromatic carbocycles. The first kappa shape index (κ1) is 14.8. The second kappa shape index (κ2) is 5.73. The van der Waals surface area contributed by atoms with Gasteiger partial charge in [-0.1, -0.05) is 36.4 Å². The first-order valence-electron chi connectivity index (χ1n) is 7.81. The van der Waals surface area contributed by atoms with Gasteiger partial charge >= 0.3 is 0 Å². The zero-order valence-corrected chi connectivity index (χ0v) is 14.4. The molecule has 2 N–H and O–H groups in total. The molecule has 0 amide bonds. The lowest BCUT2D eigenvalue weighted by Crippen LogP contribution is -1.95. The molecule has 0 unspecified atom stereocenters. The smallest absolute Gasteiger partial charge is 0.132 e. The minimum Gasteiger partial charge on any atom is -0.383 e. The number of hydrogen-bond acceptors (Lipinski definition) is 4. The minimum absolute atomic E-state index is 0.576. The van der Waals surface area contributed by atoms with E-state index in [1.807, 2.05) is 44.3 Å². The molecule has 0 saturated carbocycles. The van der Waals surface area contributed by atoms with Gasteiger partial charge < -0.3 is 5.73 Å². The Kier molecular flexibility index (Phi) is 3.54. The van der Waals surface area contributed by atoms with Crippen LogP contribution >= 0.6 is 11.3 Å². The molecule has 118 valence electrons. The number of nitrogens with zero attached hydrogens (tertiary/aromatic N) is 2. The lowest BCUT2D eigenvalue weighted by Gasteiger charge is -2.09. The van der Waals surface area contributed by atoms with Crippen molar-refractivity contribution in [1.82, 2.24) is 9.97 Å². The van der Waals surface area contributed by atoms with Crippen molar-refractivity contribution in [1.29, 1.82) is 0 Å². The van der Waals surface area contributed by atoms with Gasteiger partial charge in [0.05, 0.1) is 0 Å². The topological polar surface area (TPSA) is 51.8 Å². The first-order valence-corrected chi connectivity index (χ1v) is 8.69. The van der Waals surface area contributed by atoms with Gasteiger partial charge in [-0.05, 0) is 30.9 Å². The quantitative estimate of drug-likeness (QED) is 0.547. The van der Waals surface area contributed by atoms with Gasteiger partial charge in [0.25, 0.3) is 0 Å². The highest BCUT2D eigenvalue weighted by Gasteiger charge is 2.16. The van der Waals surface area contributed by atoms with Gasteiger partial charge in [0, 0.05) is 44.4 Å². The third-order valence-corrected chi connectivity index (χ3v) is 5.24. The minimum atomic E-state index is 0.576. The maximum absolute atomic E-state index is 6.23. The Morgan fingerprint density at radius 2 is 1.71 bits per heavy atom. The molecule has 4 aromatic rings. The fourth-order valence-electron chi connectivity index (χ4n) is 3.06. The van der Waals surface area contributed by atoms with Crippen LogP contribution in [0.4, 0.5) is 5.82 Å². The van der Waals surface area contributed by atoms with Crippen LogP contribution in [0.25, 0.3) is 32.3 Å². The van der Waals surface area contributed by atoms with E-state index in [4.69, 9.17) is 5.73 Å². The van der Waals surface area contributed by atoms with Crippen molar-refractivity contribution in [2.75, 3.05) is 5.73 Å². The Morgan fingerprint density at radius 3 is 2.46 bits per heavy atom.